The van der Waals surface area contributed by atoms with Crippen LogP contribution < -0.4 is 24.3 Å². The fraction of sp³-hybridized carbons (Fsp3) is 0.333. The standard InChI is InChI=1S/C18H21NO5/c1-21-17-8-13(2-4-15(17)22-7-6-20)10-19-11-14-3-5-16-18(9-14)24-12-23-16/h2-5,8-9,19-20H,6-7,10-12H2,1H3. The molecule has 0 atom stereocenters. The van der Waals surface area contributed by atoms with E-state index in [1.807, 2.05) is 36.4 Å². The van der Waals surface area contributed by atoms with Crippen LogP contribution in [-0.4, -0.2) is 32.2 Å². The highest BCUT2D eigenvalue weighted by Crippen LogP contribution is 2.32. The Labute approximate surface area is 140 Å². The van der Waals surface area contributed by atoms with Crippen LogP contribution >= 0.6 is 0 Å². The van der Waals surface area contributed by atoms with Gasteiger partial charge >= 0.3 is 0 Å². The van der Waals surface area contributed by atoms with Crippen molar-refractivity contribution in [2.75, 3.05) is 27.1 Å². The normalized spacial score (nSPS) is 12.2. The number of rotatable bonds is 8. The van der Waals surface area contributed by atoms with E-state index in [0.29, 0.717) is 18.0 Å². The SMILES string of the molecule is COc1cc(CNCc2ccc3c(c2)OCO3)ccc1OCCO. The highest BCUT2D eigenvalue weighted by Gasteiger charge is 2.13. The first-order chi connectivity index (χ1) is 11.8. The molecule has 24 heavy (non-hydrogen) atoms. The van der Waals surface area contributed by atoms with Crippen molar-refractivity contribution in [3.8, 4) is 23.0 Å². The Kier molecular flexibility index (Phi) is 5.40. The number of fused-ring (bicyclic) bond motifs is 1. The van der Waals surface area contributed by atoms with Crippen LogP contribution in [0.3, 0.4) is 0 Å². The van der Waals surface area contributed by atoms with E-state index in [4.69, 9.17) is 24.1 Å². The Balaban J connectivity index is 1.56. The molecular formula is C18H21NO5. The number of hydrogen-bond donors (Lipinski definition) is 2. The van der Waals surface area contributed by atoms with Crippen LogP contribution in [0, 0.1) is 0 Å². The highest BCUT2D eigenvalue weighted by atomic mass is 16.7. The summed E-state index contributed by atoms with van der Waals surface area (Å²) in [4.78, 5) is 0. The summed E-state index contributed by atoms with van der Waals surface area (Å²) >= 11 is 0. The molecule has 1 aliphatic rings. The van der Waals surface area contributed by atoms with Crippen molar-refractivity contribution in [2.24, 2.45) is 0 Å². The number of aliphatic hydroxyl groups is 1. The highest BCUT2D eigenvalue weighted by molar-refractivity contribution is 5.45. The molecule has 0 spiro atoms. The lowest BCUT2D eigenvalue weighted by atomic mass is 10.1. The molecule has 3 rings (SSSR count). The van der Waals surface area contributed by atoms with E-state index in [2.05, 4.69) is 5.32 Å². The average Bonchev–Trinajstić information content (AvgIpc) is 3.08. The zero-order valence-corrected chi connectivity index (χ0v) is 13.6. The third-order valence-corrected chi connectivity index (χ3v) is 3.67. The number of methoxy groups -OCH3 is 1. The summed E-state index contributed by atoms with van der Waals surface area (Å²) < 4.78 is 21.4. The molecular weight excluding hydrogens is 310 g/mol. The van der Waals surface area contributed by atoms with Crippen LogP contribution in [0.2, 0.25) is 0 Å². The van der Waals surface area contributed by atoms with E-state index >= 15 is 0 Å². The minimum absolute atomic E-state index is 0.0258. The molecule has 1 aliphatic heterocycles. The van der Waals surface area contributed by atoms with Crippen molar-refractivity contribution in [1.82, 2.24) is 5.32 Å². The van der Waals surface area contributed by atoms with Gasteiger partial charge in [0.2, 0.25) is 6.79 Å². The van der Waals surface area contributed by atoms with Crippen molar-refractivity contribution >= 4 is 0 Å². The van der Waals surface area contributed by atoms with Gasteiger partial charge in [0, 0.05) is 13.1 Å². The molecule has 1 heterocycles. The quantitative estimate of drug-likeness (QED) is 0.772. The third kappa shape index (κ3) is 3.90. The van der Waals surface area contributed by atoms with Gasteiger partial charge in [-0.05, 0) is 35.4 Å². The Morgan fingerprint density at radius 3 is 2.54 bits per heavy atom. The summed E-state index contributed by atoms with van der Waals surface area (Å²) in [5.41, 5.74) is 2.22. The second-order valence-corrected chi connectivity index (χ2v) is 5.35. The van der Waals surface area contributed by atoms with Gasteiger partial charge in [-0.2, -0.15) is 0 Å². The number of aliphatic hydroxyl groups excluding tert-OH is 1. The molecule has 0 aliphatic carbocycles. The third-order valence-electron chi connectivity index (χ3n) is 3.67. The van der Waals surface area contributed by atoms with Crippen LogP contribution in [0.4, 0.5) is 0 Å². The van der Waals surface area contributed by atoms with Crippen LogP contribution in [0.5, 0.6) is 23.0 Å². The topological polar surface area (TPSA) is 69.2 Å². The Hall–Kier alpha value is -2.44. The predicted octanol–water partition coefficient (Wildman–Crippen LogP) is 2.08. The molecule has 0 unspecified atom stereocenters. The van der Waals surface area contributed by atoms with Gasteiger partial charge in [-0.3, -0.25) is 0 Å². The van der Waals surface area contributed by atoms with E-state index in [1.165, 1.54) is 0 Å². The zero-order chi connectivity index (χ0) is 16.8. The lowest BCUT2D eigenvalue weighted by Crippen LogP contribution is -2.13. The molecule has 6 nitrogen and oxygen atoms in total. The van der Waals surface area contributed by atoms with Crippen LogP contribution in [0.1, 0.15) is 11.1 Å². The van der Waals surface area contributed by atoms with Crippen molar-refractivity contribution in [2.45, 2.75) is 13.1 Å². The lowest BCUT2D eigenvalue weighted by molar-refractivity contribution is 0.174. The van der Waals surface area contributed by atoms with Gasteiger partial charge in [0.1, 0.15) is 6.61 Å². The molecule has 0 saturated heterocycles. The van der Waals surface area contributed by atoms with Gasteiger partial charge in [-0.15, -0.1) is 0 Å². The second-order valence-electron chi connectivity index (χ2n) is 5.35. The maximum Gasteiger partial charge on any atom is 0.231 e. The number of benzene rings is 2. The van der Waals surface area contributed by atoms with Crippen LogP contribution in [0.15, 0.2) is 36.4 Å². The van der Waals surface area contributed by atoms with Gasteiger partial charge in [0.25, 0.3) is 0 Å². The molecule has 0 aromatic heterocycles. The number of hydrogen-bond acceptors (Lipinski definition) is 6. The largest absolute Gasteiger partial charge is 0.493 e. The van der Waals surface area contributed by atoms with Gasteiger partial charge in [0.05, 0.1) is 13.7 Å². The molecule has 0 amide bonds. The Morgan fingerprint density at radius 2 is 1.75 bits per heavy atom. The molecule has 0 bridgehead atoms. The van der Waals surface area contributed by atoms with Crippen LogP contribution in [0.25, 0.3) is 0 Å². The lowest BCUT2D eigenvalue weighted by Gasteiger charge is -2.12. The average molecular weight is 331 g/mol. The van der Waals surface area contributed by atoms with Crippen molar-refractivity contribution < 1.29 is 24.1 Å². The second kappa shape index (κ2) is 7.90. The first kappa shape index (κ1) is 16.4. The molecule has 6 heteroatoms. The first-order valence-corrected chi connectivity index (χ1v) is 7.80. The summed E-state index contributed by atoms with van der Waals surface area (Å²) in [6.07, 6.45) is 0. The minimum atomic E-state index is -0.0258. The number of nitrogens with one attached hydrogen (secondary N) is 1. The van der Waals surface area contributed by atoms with E-state index in [9.17, 15) is 0 Å². The first-order valence-electron chi connectivity index (χ1n) is 7.80. The van der Waals surface area contributed by atoms with Gasteiger partial charge in [0.15, 0.2) is 23.0 Å². The summed E-state index contributed by atoms with van der Waals surface area (Å²) in [5, 5.41) is 12.2. The van der Waals surface area contributed by atoms with E-state index < -0.39 is 0 Å². The van der Waals surface area contributed by atoms with Crippen molar-refractivity contribution in [3.05, 3.63) is 47.5 Å². The maximum atomic E-state index is 8.84. The zero-order valence-electron chi connectivity index (χ0n) is 13.6. The maximum absolute atomic E-state index is 8.84. The fourth-order valence-corrected chi connectivity index (χ4v) is 2.50. The minimum Gasteiger partial charge on any atom is -0.493 e. The predicted molar refractivity (Wildman–Crippen MR) is 88.7 cm³/mol. The molecule has 0 radical (unpaired) electrons. The molecule has 128 valence electrons. The molecule has 0 saturated carbocycles. The summed E-state index contributed by atoms with van der Waals surface area (Å²) in [6.45, 7) is 1.93. The Morgan fingerprint density at radius 1 is 1.00 bits per heavy atom. The monoisotopic (exact) mass is 331 g/mol. The van der Waals surface area contributed by atoms with Crippen molar-refractivity contribution in [1.29, 1.82) is 0 Å². The van der Waals surface area contributed by atoms with E-state index in [-0.39, 0.29) is 20.0 Å². The smallest absolute Gasteiger partial charge is 0.231 e. The number of ether oxygens (including phenoxy) is 4. The molecule has 2 aromatic carbocycles. The van der Waals surface area contributed by atoms with Gasteiger partial charge in [-0.1, -0.05) is 12.1 Å². The molecule has 0 fully saturated rings. The summed E-state index contributed by atoms with van der Waals surface area (Å²) in [6, 6.07) is 11.7. The van der Waals surface area contributed by atoms with E-state index in [1.54, 1.807) is 7.11 Å². The van der Waals surface area contributed by atoms with Crippen LogP contribution in [-0.2, 0) is 13.1 Å². The van der Waals surface area contributed by atoms with Crippen molar-refractivity contribution in [3.63, 3.8) is 0 Å². The van der Waals surface area contributed by atoms with E-state index in [0.717, 1.165) is 29.2 Å². The molecule has 2 aromatic rings. The summed E-state index contributed by atoms with van der Waals surface area (Å²) in [5.74, 6) is 2.88. The fourth-order valence-electron chi connectivity index (χ4n) is 2.50. The van der Waals surface area contributed by atoms with Gasteiger partial charge in [-0.25, -0.2) is 0 Å². The molecule has 2 N–H and O–H groups in total. The summed E-state index contributed by atoms with van der Waals surface area (Å²) in [7, 11) is 1.60. The Bertz CT molecular complexity index is 689. The van der Waals surface area contributed by atoms with Gasteiger partial charge < -0.3 is 29.4 Å².